The molecule has 5 heteroatoms. The number of aromatic hydroxyl groups is 1. The van der Waals surface area contributed by atoms with Crippen molar-refractivity contribution in [3.8, 4) is 67.5 Å². The van der Waals surface area contributed by atoms with Crippen LogP contribution in [0.25, 0.3) is 72.7 Å². The van der Waals surface area contributed by atoms with Crippen LogP contribution in [0.3, 0.4) is 0 Å². The monoisotopic (exact) mass is 968 g/mol. The third-order valence-electron chi connectivity index (χ3n) is 11.6. The van der Waals surface area contributed by atoms with Crippen LogP contribution in [-0.4, -0.2) is 19.6 Å². The number of para-hydroxylation sites is 2. The van der Waals surface area contributed by atoms with Crippen molar-refractivity contribution in [2.24, 2.45) is 0 Å². The Labute approximate surface area is 372 Å². The molecule has 8 rings (SSSR count). The van der Waals surface area contributed by atoms with Crippen molar-refractivity contribution in [3.05, 3.63) is 168 Å². The molecular weight excluding hydrogens is 914 g/mol. The molecule has 0 spiro atoms. The largest absolute Gasteiger partial charge is 0.507 e. The first-order valence-corrected chi connectivity index (χ1v) is 20.8. The quantitative estimate of drug-likeness (QED) is 0.147. The Kier molecular flexibility index (Phi) is 11.8. The summed E-state index contributed by atoms with van der Waals surface area (Å²) in [6.07, 6.45) is 3.42. The molecule has 2 aromatic heterocycles. The van der Waals surface area contributed by atoms with Gasteiger partial charge in [-0.05, 0) is 93.8 Å². The van der Waals surface area contributed by atoms with E-state index in [0.717, 1.165) is 85.3 Å². The van der Waals surface area contributed by atoms with Crippen LogP contribution in [0.2, 0.25) is 0 Å². The molecule has 0 radical (unpaired) electrons. The fraction of sp³-hybridized carbons (Fsp3) is 0.236. The maximum Gasteiger partial charge on any atom is 0.148 e. The Morgan fingerprint density at radius 3 is 1.98 bits per heavy atom. The van der Waals surface area contributed by atoms with E-state index in [1.54, 1.807) is 6.07 Å². The van der Waals surface area contributed by atoms with Gasteiger partial charge in [0.1, 0.15) is 11.6 Å². The number of phenols is 1. The van der Waals surface area contributed by atoms with E-state index in [-0.39, 0.29) is 37.6 Å². The average molecular weight is 969 g/mol. The molecule has 8 aromatic rings. The van der Waals surface area contributed by atoms with E-state index in [0.29, 0.717) is 11.4 Å². The summed E-state index contributed by atoms with van der Waals surface area (Å²) in [7, 11) is 0. The Morgan fingerprint density at radius 1 is 0.633 bits per heavy atom. The average Bonchev–Trinajstić information content (AvgIpc) is 3.65. The van der Waals surface area contributed by atoms with E-state index < -0.39 is 5.89 Å². The third kappa shape index (κ3) is 8.41. The molecule has 306 valence electrons. The SMILES string of the molecule is [2H]C(CC)(CC)c1ccc(-c2ccnc(-c3[c-]c(-c4cccc5c4nc(-c4ccccc4O)n5-c4ccc(C(C)(C)C)cc4-c4ccccc4)cc(C(C)(C)C)c3)c2)cc1.[Pt]. The standard InChI is InChI=1S/C55H54N3O.Pt/c1-9-36(10-2)37-23-25-38(26-24-37)40-29-30-56-48(34-40)42-31-41(32-44(33-42)55(6,7)8)45-20-16-21-50-52(45)57-53(46-19-14-15-22-51(46)59)58(50)49-28-27-43(54(3,4)5)35-47(49)39-17-12-11-13-18-39;/h11-30,32-36,59H,9-10H2,1-8H3;/q-1;/i36D;. The van der Waals surface area contributed by atoms with Gasteiger partial charge >= 0.3 is 0 Å². The van der Waals surface area contributed by atoms with Gasteiger partial charge in [0.2, 0.25) is 0 Å². The van der Waals surface area contributed by atoms with Crippen LogP contribution < -0.4 is 0 Å². The summed E-state index contributed by atoms with van der Waals surface area (Å²) in [5, 5.41) is 11.4. The minimum atomic E-state index is -0.581. The summed E-state index contributed by atoms with van der Waals surface area (Å²) >= 11 is 0. The van der Waals surface area contributed by atoms with Crippen LogP contribution in [0.15, 0.2) is 146 Å². The number of imidazole rings is 1. The number of benzene rings is 6. The van der Waals surface area contributed by atoms with E-state index in [9.17, 15) is 5.11 Å². The topological polar surface area (TPSA) is 50.9 Å². The summed E-state index contributed by atoms with van der Waals surface area (Å²) in [5.41, 5.74) is 14.5. The minimum Gasteiger partial charge on any atom is -0.507 e. The van der Waals surface area contributed by atoms with E-state index in [4.69, 9.17) is 11.3 Å². The molecule has 0 aliphatic heterocycles. The summed E-state index contributed by atoms with van der Waals surface area (Å²) in [4.78, 5) is 10.3. The molecule has 0 bridgehead atoms. The van der Waals surface area contributed by atoms with Gasteiger partial charge in [0.05, 0.1) is 22.3 Å². The van der Waals surface area contributed by atoms with Crippen molar-refractivity contribution in [1.82, 2.24) is 14.5 Å². The molecule has 0 aliphatic carbocycles. The molecule has 4 nitrogen and oxygen atoms in total. The van der Waals surface area contributed by atoms with Gasteiger partial charge in [-0.2, -0.15) is 0 Å². The van der Waals surface area contributed by atoms with Gasteiger partial charge < -0.3 is 5.11 Å². The molecule has 0 amide bonds. The Balaban J connectivity index is 0.00000561. The van der Waals surface area contributed by atoms with Crippen molar-refractivity contribution >= 4 is 11.0 Å². The molecule has 0 aliphatic rings. The van der Waals surface area contributed by atoms with Crippen molar-refractivity contribution in [3.63, 3.8) is 0 Å². The molecule has 0 unspecified atom stereocenters. The maximum atomic E-state index is 11.4. The Bertz CT molecular complexity index is 2830. The van der Waals surface area contributed by atoms with Crippen LogP contribution in [0, 0.1) is 6.07 Å². The Morgan fingerprint density at radius 2 is 1.30 bits per heavy atom. The first-order valence-electron chi connectivity index (χ1n) is 21.3. The van der Waals surface area contributed by atoms with Gasteiger partial charge in [0.25, 0.3) is 0 Å². The van der Waals surface area contributed by atoms with E-state index >= 15 is 0 Å². The normalized spacial score (nSPS) is 12.3. The smallest absolute Gasteiger partial charge is 0.148 e. The first-order chi connectivity index (χ1) is 28.7. The summed E-state index contributed by atoms with van der Waals surface area (Å²) in [5.74, 6) is 0.245. The second kappa shape index (κ2) is 17.2. The fourth-order valence-corrected chi connectivity index (χ4v) is 8.05. The van der Waals surface area contributed by atoms with Gasteiger partial charge in [0, 0.05) is 39.9 Å². The van der Waals surface area contributed by atoms with Gasteiger partial charge in [-0.25, -0.2) is 4.98 Å². The number of pyridine rings is 1. The number of nitrogens with zero attached hydrogens (tertiary/aromatic N) is 3. The summed E-state index contributed by atoms with van der Waals surface area (Å²) in [6, 6.07) is 51.9. The second-order valence-corrected chi connectivity index (χ2v) is 17.6. The van der Waals surface area contributed by atoms with E-state index in [2.05, 4.69) is 169 Å². The van der Waals surface area contributed by atoms with Crippen molar-refractivity contribution < 1.29 is 27.5 Å². The molecule has 60 heavy (non-hydrogen) atoms. The number of fused-ring (bicyclic) bond motifs is 1. The van der Waals surface area contributed by atoms with Gasteiger partial charge in [-0.15, -0.1) is 29.3 Å². The number of phenolic OH excluding ortho intramolecular Hbond substituents is 1. The zero-order valence-corrected chi connectivity index (χ0v) is 38.1. The molecule has 0 saturated carbocycles. The number of aromatic nitrogens is 3. The molecule has 0 saturated heterocycles. The summed E-state index contributed by atoms with van der Waals surface area (Å²) in [6.45, 7) is 17.6. The maximum absolute atomic E-state index is 11.4. The number of hydrogen-bond donors (Lipinski definition) is 1. The predicted octanol–water partition coefficient (Wildman–Crippen LogP) is 14.8. The number of hydrogen-bond acceptors (Lipinski definition) is 3. The van der Waals surface area contributed by atoms with Crippen molar-refractivity contribution in [2.45, 2.75) is 85.0 Å². The first kappa shape index (κ1) is 41.2. The van der Waals surface area contributed by atoms with Crippen LogP contribution >= 0.6 is 0 Å². The van der Waals surface area contributed by atoms with Gasteiger partial charge in [-0.3, -0.25) is 9.55 Å². The Hall–Kier alpha value is -5.57. The minimum absolute atomic E-state index is 0. The number of rotatable bonds is 9. The van der Waals surface area contributed by atoms with Gasteiger partial charge in [0.15, 0.2) is 0 Å². The predicted molar refractivity (Wildman–Crippen MR) is 247 cm³/mol. The zero-order chi connectivity index (χ0) is 42.4. The molecular formula is C55H54N3OPt-. The van der Waals surface area contributed by atoms with Crippen LogP contribution in [0.5, 0.6) is 5.75 Å². The van der Waals surface area contributed by atoms with Crippen LogP contribution in [-0.2, 0) is 31.9 Å². The van der Waals surface area contributed by atoms with Crippen molar-refractivity contribution in [2.75, 3.05) is 0 Å². The summed E-state index contributed by atoms with van der Waals surface area (Å²) < 4.78 is 11.2. The zero-order valence-electron chi connectivity index (χ0n) is 36.9. The van der Waals surface area contributed by atoms with Crippen molar-refractivity contribution in [1.29, 1.82) is 0 Å². The van der Waals surface area contributed by atoms with Crippen LogP contribution in [0.1, 0.15) is 92.2 Å². The van der Waals surface area contributed by atoms with Gasteiger partial charge in [-0.1, -0.05) is 158 Å². The third-order valence-corrected chi connectivity index (χ3v) is 11.6. The fourth-order valence-electron chi connectivity index (χ4n) is 8.05. The van der Waals surface area contributed by atoms with E-state index in [1.807, 2.05) is 36.5 Å². The molecule has 6 aromatic carbocycles. The molecule has 1 N–H and O–H groups in total. The van der Waals surface area contributed by atoms with Crippen LogP contribution in [0.4, 0.5) is 0 Å². The molecule has 2 heterocycles. The molecule has 0 atom stereocenters. The second-order valence-electron chi connectivity index (χ2n) is 17.6. The van der Waals surface area contributed by atoms with E-state index in [1.165, 1.54) is 5.56 Å². The molecule has 0 fully saturated rings.